The standard InChI is InChI=1S/C16H20N4O2S/c1-11-8-13(11)16(22)17-5-3-15(21)19-14-2-6-18-20(14)9-12-4-7-23-10-12/h2,4,6-7,10-11,13H,3,5,8-9H2,1H3,(H,17,22)(H,19,21)/t11-,13-/m0/s1. The van der Waals surface area contributed by atoms with Crippen LogP contribution in [-0.2, 0) is 16.1 Å². The van der Waals surface area contributed by atoms with Crippen molar-refractivity contribution in [3.8, 4) is 0 Å². The maximum absolute atomic E-state index is 12.0. The second kappa shape index (κ2) is 6.95. The normalized spacial score (nSPS) is 19.3. The van der Waals surface area contributed by atoms with E-state index in [9.17, 15) is 9.59 Å². The minimum atomic E-state index is -0.124. The van der Waals surface area contributed by atoms with Gasteiger partial charge in [0.05, 0.1) is 12.7 Å². The lowest BCUT2D eigenvalue weighted by atomic mass is 10.3. The number of nitrogens with zero attached hydrogens (tertiary/aromatic N) is 2. The predicted octanol–water partition coefficient (Wildman–Crippen LogP) is 2.09. The zero-order valence-electron chi connectivity index (χ0n) is 13.0. The number of nitrogens with one attached hydrogen (secondary N) is 2. The van der Waals surface area contributed by atoms with Crippen molar-refractivity contribution in [3.63, 3.8) is 0 Å². The molecule has 1 fully saturated rings. The molecule has 2 atom stereocenters. The second-order valence-corrected chi connectivity index (χ2v) is 6.69. The number of hydrogen-bond acceptors (Lipinski definition) is 4. The number of aromatic nitrogens is 2. The Morgan fingerprint density at radius 1 is 1.43 bits per heavy atom. The molecule has 7 heteroatoms. The highest BCUT2D eigenvalue weighted by molar-refractivity contribution is 7.07. The third kappa shape index (κ3) is 4.19. The molecule has 2 aromatic heterocycles. The van der Waals surface area contributed by atoms with E-state index in [4.69, 9.17) is 0 Å². The van der Waals surface area contributed by atoms with Crippen LogP contribution in [0, 0.1) is 11.8 Å². The largest absolute Gasteiger partial charge is 0.355 e. The first kappa shape index (κ1) is 15.7. The average molecular weight is 332 g/mol. The lowest BCUT2D eigenvalue weighted by molar-refractivity contribution is -0.122. The van der Waals surface area contributed by atoms with Crippen molar-refractivity contribution in [1.82, 2.24) is 15.1 Å². The van der Waals surface area contributed by atoms with Crippen molar-refractivity contribution in [2.75, 3.05) is 11.9 Å². The lowest BCUT2D eigenvalue weighted by Gasteiger charge is -2.09. The fraction of sp³-hybridized carbons (Fsp3) is 0.438. The smallest absolute Gasteiger partial charge is 0.227 e. The number of thiophene rings is 1. The van der Waals surface area contributed by atoms with Gasteiger partial charge in [-0.15, -0.1) is 0 Å². The Kier molecular flexibility index (Phi) is 4.76. The number of hydrogen-bond donors (Lipinski definition) is 2. The molecule has 2 aromatic rings. The molecule has 0 radical (unpaired) electrons. The summed E-state index contributed by atoms with van der Waals surface area (Å²) in [5, 5.41) is 14.0. The summed E-state index contributed by atoms with van der Waals surface area (Å²) >= 11 is 1.63. The van der Waals surface area contributed by atoms with Crippen LogP contribution in [0.3, 0.4) is 0 Å². The van der Waals surface area contributed by atoms with Crippen LogP contribution in [0.25, 0.3) is 0 Å². The van der Waals surface area contributed by atoms with Crippen LogP contribution in [0.4, 0.5) is 5.82 Å². The van der Waals surface area contributed by atoms with E-state index in [1.807, 2.05) is 11.4 Å². The highest BCUT2D eigenvalue weighted by atomic mass is 32.1. The summed E-state index contributed by atoms with van der Waals surface area (Å²) in [6.45, 7) is 3.06. The molecule has 122 valence electrons. The van der Waals surface area contributed by atoms with Gasteiger partial charge in [-0.3, -0.25) is 9.59 Å². The average Bonchev–Trinajstić information content (AvgIpc) is 2.92. The maximum Gasteiger partial charge on any atom is 0.227 e. The molecular weight excluding hydrogens is 312 g/mol. The van der Waals surface area contributed by atoms with Gasteiger partial charge in [-0.05, 0) is 34.7 Å². The third-order valence-electron chi connectivity index (χ3n) is 3.99. The van der Waals surface area contributed by atoms with Crippen LogP contribution < -0.4 is 10.6 Å². The summed E-state index contributed by atoms with van der Waals surface area (Å²) in [5.41, 5.74) is 1.15. The Labute approximate surface area is 138 Å². The monoisotopic (exact) mass is 332 g/mol. The molecule has 3 rings (SSSR count). The van der Waals surface area contributed by atoms with E-state index in [-0.39, 0.29) is 24.2 Å². The van der Waals surface area contributed by atoms with Crippen LogP contribution in [0.1, 0.15) is 25.3 Å². The van der Waals surface area contributed by atoms with Crippen molar-refractivity contribution in [2.45, 2.75) is 26.3 Å². The highest BCUT2D eigenvalue weighted by Crippen LogP contribution is 2.37. The van der Waals surface area contributed by atoms with Gasteiger partial charge < -0.3 is 10.6 Å². The van der Waals surface area contributed by atoms with Gasteiger partial charge in [0.2, 0.25) is 11.8 Å². The number of carbonyl (C=O) groups excluding carboxylic acids is 2. The molecular formula is C16H20N4O2S. The molecule has 0 spiro atoms. The fourth-order valence-electron chi connectivity index (χ4n) is 2.44. The summed E-state index contributed by atoms with van der Waals surface area (Å²) in [6, 6.07) is 3.81. The summed E-state index contributed by atoms with van der Waals surface area (Å²) in [7, 11) is 0. The molecule has 2 N–H and O–H groups in total. The topological polar surface area (TPSA) is 76.0 Å². The van der Waals surface area contributed by atoms with Crippen LogP contribution in [-0.4, -0.2) is 28.1 Å². The highest BCUT2D eigenvalue weighted by Gasteiger charge is 2.38. The van der Waals surface area contributed by atoms with Crippen molar-refractivity contribution in [1.29, 1.82) is 0 Å². The summed E-state index contributed by atoms with van der Waals surface area (Å²) in [5.74, 6) is 1.23. The number of anilines is 1. The van der Waals surface area contributed by atoms with Crippen molar-refractivity contribution < 1.29 is 9.59 Å². The molecule has 6 nitrogen and oxygen atoms in total. The van der Waals surface area contributed by atoms with Gasteiger partial charge in [0.25, 0.3) is 0 Å². The first-order valence-corrected chi connectivity index (χ1v) is 8.68. The Balaban J connectivity index is 1.44. The Hall–Kier alpha value is -2.15. The van der Waals surface area contributed by atoms with E-state index in [2.05, 4.69) is 28.0 Å². The first-order valence-electron chi connectivity index (χ1n) is 7.74. The Morgan fingerprint density at radius 2 is 2.26 bits per heavy atom. The van der Waals surface area contributed by atoms with Crippen molar-refractivity contribution in [2.24, 2.45) is 11.8 Å². The van der Waals surface area contributed by atoms with E-state index >= 15 is 0 Å². The molecule has 0 bridgehead atoms. The Bertz CT molecular complexity index is 680. The molecule has 0 saturated heterocycles. The van der Waals surface area contributed by atoms with E-state index in [1.165, 1.54) is 0 Å². The maximum atomic E-state index is 12.0. The van der Waals surface area contributed by atoms with Crippen LogP contribution in [0.5, 0.6) is 0 Å². The SMILES string of the molecule is C[C@H]1C[C@@H]1C(=O)NCCC(=O)Nc1ccnn1Cc1ccsc1. The molecule has 2 heterocycles. The predicted molar refractivity (Wildman–Crippen MR) is 89.2 cm³/mol. The fourth-order valence-corrected chi connectivity index (χ4v) is 3.10. The van der Waals surface area contributed by atoms with Crippen LogP contribution >= 0.6 is 11.3 Å². The zero-order chi connectivity index (χ0) is 16.2. The summed E-state index contributed by atoms with van der Waals surface area (Å²) in [4.78, 5) is 23.7. The first-order chi connectivity index (χ1) is 11.1. The quantitative estimate of drug-likeness (QED) is 0.815. The number of amides is 2. The van der Waals surface area contributed by atoms with Gasteiger partial charge >= 0.3 is 0 Å². The molecule has 0 aliphatic heterocycles. The van der Waals surface area contributed by atoms with Crippen LogP contribution in [0.15, 0.2) is 29.1 Å². The van der Waals surface area contributed by atoms with E-state index in [0.717, 1.165) is 12.0 Å². The zero-order valence-corrected chi connectivity index (χ0v) is 13.8. The van der Waals surface area contributed by atoms with Crippen LogP contribution in [0.2, 0.25) is 0 Å². The van der Waals surface area contributed by atoms with E-state index < -0.39 is 0 Å². The molecule has 1 aliphatic rings. The van der Waals surface area contributed by atoms with Crippen molar-refractivity contribution in [3.05, 3.63) is 34.7 Å². The van der Waals surface area contributed by atoms with Crippen molar-refractivity contribution >= 4 is 29.0 Å². The molecule has 1 saturated carbocycles. The van der Waals surface area contributed by atoms with Gasteiger partial charge in [0.15, 0.2) is 0 Å². The molecule has 23 heavy (non-hydrogen) atoms. The summed E-state index contributed by atoms with van der Waals surface area (Å²) < 4.78 is 1.75. The minimum Gasteiger partial charge on any atom is -0.355 e. The van der Waals surface area contributed by atoms with E-state index in [0.29, 0.717) is 24.8 Å². The van der Waals surface area contributed by atoms with Gasteiger partial charge in [-0.2, -0.15) is 16.4 Å². The minimum absolute atomic E-state index is 0.0628. The molecule has 0 unspecified atom stereocenters. The van der Waals surface area contributed by atoms with Gasteiger partial charge in [-0.1, -0.05) is 6.92 Å². The number of rotatable bonds is 7. The lowest BCUT2D eigenvalue weighted by Crippen LogP contribution is -2.29. The van der Waals surface area contributed by atoms with Gasteiger partial charge in [0, 0.05) is 24.9 Å². The van der Waals surface area contributed by atoms with Gasteiger partial charge in [-0.25, -0.2) is 4.68 Å². The Morgan fingerprint density at radius 3 is 2.96 bits per heavy atom. The summed E-state index contributed by atoms with van der Waals surface area (Å²) in [6.07, 6.45) is 2.88. The van der Waals surface area contributed by atoms with Gasteiger partial charge in [0.1, 0.15) is 5.82 Å². The molecule has 0 aromatic carbocycles. The third-order valence-corrected chi connectivity index (χ3v) is 4.73. The number of carbonyl (C=O) groups is 2. The second-order valence-electron chi connectivity index (χ2n) is 5.91. The molecule has 1 aliphatic carbocycles. The molecule has 2 amide bonds. The van der Waals surface area contributed by atoms with E-state index in [1.54, 1.807) is 28.3 Å².